The van der Waals surface area contributed by atoms with Gasteiger partial charge in [-0.25, -0.2) is 15.0 Å². The third kappa shape index (κ3) is 19.2. The number of piperazine rings is 2. The minimum absolute atomic E-state index is 0.0993. The number of phenolic OH excluding ortho intramolecular Hbond substituents is 1. The Morgan fingerprint density at radius 1 is 0.384 bits per heavy atom. The Morgan fingerprint density at radius 3 is 1.21 bits per heavy atom. The number of alkyl halides is 3. The van der Waals surface area contributed by atoms with Gasteiger partial charge in [0.15, 0.2) is 50.3 Å². The normalized spacial score (nSPS) is 13.0. The molecule has 0 spiro atoms. The molecule has 8 aromatic rings. The van der Waals surface area contributed by atoms with Crippen LogP contribution >= 0.6 is 47.8 Å². The predicted octanol–water partition coefficient (Wildman–Crippen LogP) is 16.5. The van der Waals surface area contributed by atoms with Crippen molar-refractivity contribution in [2.75, 3.05) is 62.2 Å². The number of fused-ring (bicyclic) bond motifs is 6. The van der Waals surface area contributed by atoms with Gasteiger partial charge in [-0.1, -0.05) is 157 Å². The Hall–Kier alpha value is -10.0. The molecule has 5 aliphatic heterocycles. The zero-order valence-electron chi connectivity index (χ0n) is 54.0. The van der Waals surface area contributed by atoms with Gasteiger partial charge in [-0.2, -0.15) is 0 Å². The molecule has 99 heavy (non-hydrogen) atoms. The summed E-state index contributed by atoms with van der Waals surface area (Å²) in [6.45, 7) is 10.5. The van der Waals surface area contributed by atoms with Crippen LogP contribution in [0.4, 0.5) is 11.4 Å². The molecule has 0 bridgehead atoms. The van der Waals surface area contributed by atoms with Gasteiger partial charge in [0.2, 0.25) is 0 Å². The van der Waals surface area contributed by atoms with Crippen molar-refractivity contribution in [3.05, 3.63) is 307 Å². The number of benzene rings is 11. The smallest absolute Gasteiger partial charge is 0.182 e. The molecule has 0 aromatic heterocycles. The number of aromatic hydroxyl groups is 1. The number of hydrogen-bond acceptors (Lipinski definition) is 16. The summed E-state index contributed by atoms with van der Waals surface area (Å²) in [5.74, 6) is 2.88. The molecule has 16 rings (SSSR count). The molecule has 8 aromatic carbocycles. The number of phenols is 1. The van der Waals surface area contributed by atoms with E-state index in [-0.39, 0.29) is 22.0 Å². The van der Waals surface area contributed by atoms with E-state index < -0.39 is 0 Å². The van der Waals surface area contributed by atoms with Crippen molar-refractivity contribution in [2.45, 2.75) is 35.7 Å². The van der Waals surface area contributed by atoms with Crippen LogP contribution < -0.4 is 40.9 Å². The lowest BCUT2D eigenvalue weighted by Crippen LogP contribution is -2.45. The van der Waals surface area contributed by atoms with E-state index in [1.54, 1.807) is 36.4 Å². The number of hydrogen-bond donors (Lipinski definition) is 2. The van der Waals surface area contributed by atoms with Crippen molar-refractivity contribution in [2.24, 2.45) is 0 Å². The van der Waals surface area contributed by atoms with E-state index in [2.05, 4.69) is 204 Å². The zero-order chi connectivity index (χ0) is 68.3. The second kappa shape index (κ2) is 34.0. The standard InChI is InChI=1S/C30H27N3O3.C20H14BrNO3.C12H7NO3.C10H14N2.C8H8Br2/c34-25-9-11-27-29(18-25)36-30-19-26(10-12-28(30)31-27)35-21-23-6-4-5-22(17-23)20-32-13-15-33(16-14-32)24-7-2-1-3-8-24;21-11-13-2-1-3-14(8-13)12-24-16-5-7-18-20(10-16)25-19-9-15(23)4-6-17(19)22-18;14-7-1-3-9-11(5-7)16-12-6-8(15)2-4-10(12)13-9;1-2-4-10(5-3-1)12-8-6-11-7-9-12;9-5-7-2-1-3-8(4-7)6-10/h1-12,17-19H,13-16,20-21H2;1-10H,11-12H2;1-6,14H;1-5,11H,6-9H2;1-4H,5-6H2. The average molecular weight is 1510 g/mol. The minimum atomic E-state index is -0.127. The highest BCUT2D eigenvalue weighted by Crippen LogP contribution is 2.30. The fourth-order valence-electron chi connectivity index (χ4n) is 11.3. The van der Waals surface area contributed by atoms with Crippen molar-refractivity contribution < 1.29 is 27.8 Å². The van der Waals surface area contributed by atoms with Gasteiger partial charge in [0.05, 0.1) is 0 Å². The number of nitrogens with zero attached hydrogens (tertiary/aromatic N) is 6. The molecular formula is C80H70Br3N7O9. The summed E-state index contributed by atoms with van der Waals surface area (Å²) < 4.78 is 29.1. The van der Waals surface area contributed by atoms with Crippen LogP contribution in [-0.4, -0.2) is 77.3 Å². The van der Waals surface area contributed by atoms with E-state index in [1.165, 1.54) is 76.1 Å². The lowest BCUT2D eigenvalue weighted by Gasteiger charge is -2.36. The topological polar surface area (TPSA) is 190 Å². The first kappa shape index (κ1) is 68.9. The summed E-state index contributed by atoms with van der Waals surface area (Å²) in [5.41, 5.74) is 15.4. The van der Waals surface area contributed by atoms with Crippen molar-refractivity contribution in [3.8, 4) is 51.6 Å². The molecule has 19 heteroatoms. The quantitative estimate of drug-likeness (QED) is 0.0818. The van der Waals surface area contributed by atoms with Crippen molar-refractivity contribution in [1.29, 1.82) is 0 Å². The van der Waals surface area contributed by atoms with Crippen molar-refractivity contribution in [1.82, 2.24) is 25.2 Å². The van der Waals surface area contributed by atoms with Crippen LogP contribution in [-0.2, 0) is 35.7 Å². The Bertz CT molecular complexity index is 5030. The highest BCUT2D eigenvalue weighted by Gasteiger charge is 2.19. The molecule has 2 fully saturated rings. The van der Waals surface area contributed by atoms with E-state index >= 15 is 0 Å². The Labute approximate surface area is 597 Å². The van der Waals surface area contributed by atoms with Gasteiger partial charge in [0.1, 0.15) is 64.1 Å². The Morgan fingerprint density at radius 2 is 0.768 bits per heavy atom. The van der Waals surface area contributed by atoms with Crippen LogP contribution in [0.25, 0.3) is 67.7 Å². The van der Waals surface area contributed by atoms with Crippen LogP contribution in [0.5, 0.6) is 17.2 Å². The lowest BCUT2D eigenvalue weighted by molar-refractivity contribution is 0.249. The fourth-order valence-corrected chi connectivity index (χ4v) is 12.4. The number of rotatable bonds is 13. The van der Waals surface area contributed by atoms with E-state index in [0.717, 1.165) is 97.1 Å². The molecule has 0 amide bonds. The van der Waals surface area contributed by atoms with Crippen LogP contribution in [0.2, 0.25) is 0 Å². The molecule has 0 atom stereocenters. The van der Waals surface area contributed by atoms with Gasteiger partial charge < -0.3 is 42.9 Å². The lowest BCUT2D eigenvalue weighted by atomic mass is 10.1. The number of aromatic nitrogens is 3. The van der Waals surface area contributed by atoms with Crippen LogP contribution in [0, 0.1) is 0 Å². The molecule has 500 valence electrons. The van der Waals surface area contributed by atoms with E-state index in [4.69, 9.17) is 22.7 Å². The van der Waals surface area contributed by atoms with Gasteiger partial charge in [-0.3, -0.25) is 19.3 Å². The molecule has 2 N–H and O–H groups in total. The average Bonchev–Trinajstić information content (AvgIpc) is 0.825. The molecule has 0 unspecified atom stereocenters. The third-order valence-corrected chi connectivity index (χ3v) is 18.3. The van der Waals surface area contributed by atoms with Gasteiger partial charge in [-0.05, 0) is 130 Å². The third-order valence-electron chi connectivity index (χ3n) is 16.4. The van der Waals surface area contributed by atoms with E-state index in [1.807, 2.05) is 42.5 Å². The monoisotopic (exact) mass is 1510 g/mol. The molecule has 5 heterocycles. The van der Waals surface area contributed by atoms with Crippen LogP contribution in [0.15, 0.2) is 270 Å². The molecule has 16 nitrogen and oxygen atoms in total. The Balaban J connectivity index is 0.000000128. The molecular weight excluding hydrogens is 1440 g/mol. The molecule has 2 saturated heterocycles. The van der Waals surface area contributed by atoms with Crippen molar-refractivity contribution >= 4 is 92.5 Å². The first-order chi connectivity index (χ1) is 48.5. The fraction of sp³-hybridized carbons (Fsp3) is 0.175. The number of anilines is 2. The minimum Gasteiger partial charge on any atom is -0.508 e. The summed E-state index contributed by atoms with van der Waals surface area (Å²) in [4.78, 5) is 55.1. The van der Waals surface area contributed by atoms with Gasteiger partial charge in [-0.15, -0.1) is 0 Å². The van der Waals surface area contributed by atoms with Crippen LogP contribution in [0.1, 0.15) is 33.4 Å². The first-order valence-corrected chi connectivity index (χ1v) is 35.8. The number of para-hydroxylation sites is 2. The maximum atomic E-state index is 11.7. The first-order valence-electron chi connectivity index (χ1n) is 32.4. The summed E-state index contributed by atoms with van der Waals surface area (Å²) in [6.07, 6.45) is 0. The SMILES string of the molecule is BrCc1cccc(CBr)c1.O=c1ccc2nc3ccc(O)cc3oc-2c1.O=c1ccc2nc3ccc(OCc4cccc(CBr)c4)cc3oc-2c1.O=c1ccc2nc3ccc(OCc4cccc(CN5CCN(c6ccccc6)CC5)c4)cc3oc-2c1.c1ccc(N2CCNCC2)cc1. The molecule has 3 aliphatic carbocycles. The summed E-state index contributed by atoms with van der Waals surface area (Å²) in [5, 5.41) is 15.3. The maximum Gasteiger partial charge on any atom is 0.182 e. The molecule has 8 aliphatic rings. The summed E-state index contributed by atoms with van der Waals surface area (Å²) in [6, 6.07) is 76.0. The Kier molecular flexibility index (Phi) is 23.6. The van der Waals surface area contributed by atoms with Gasteiger partial charge in [0, 0.05) is 123 Å². The summed E-state index contributed by atoms with van der Waals surface area (Å²) in [7, 11) is 0. The van der Waals surface area contributed by atoms with Crippen LogP contribution in [0.3, 0.4) is 0 Å². The molecule has 0 saturated carbocycles. The number of halogens is 3. The van der Waals surface area contributed by atoms with Gasteiger partial charge >= 0.3 is 0 Å². The van der Waals surface area contributed by atoms with E-state index in [9.17, 15) is 19.5 Å². The highest BCUT2D eigenvalue weighted by molar-refractivity contribution is 9.09. The maximum absolute atomic E-state index is 11.7. The predicted molar refractivity (Wildman–Crippen MR) is 404 cm³/mol. The number of ether oxygens (including phenoxy) is 2. The van der Waals surface area contributed by atoms with E-state index in [0.29, 0.717) is 81.3 Å². The number of nitrogens with one attached hydrogen (secondary N) is 1. The summed E-state index contributed by atoms with van der Waals surface area (Å²) >= 11 is 10.3. The van der Waals surface area contributed by atoms with Crippen molar-refractivity contribution in [3.63, 3.8) is 0 Å². The molecule has 0 radical (unpaired) electrons. The second-order valence-corrected chi connectivity index (χ2v) is 25.2. The largest absolute Gasteiger partial charge is 0.508 e. The zero-order valence-corrected chi connectivity index (χ0v) is 58.8. The second-order valence-electron chi connectivity index (χ2n) is 23.6. The van der Waals surface area contributed by atoms with Gasteiger partial charge in [0.25, 0.3) is 0 Å². The highest BCUT2D eigenvalue weighted by atomic mass is 79.9.